The summed E-state index contributed by atoms with van der Waals surface area (Å²) >= 11 is 3.49. The third-order valence-corrected chi connectivity index (χ3v) is 8.20. The summed E-state index contributed by atoms with van der Waals surface area (Å²) in [6, 6.07) is 13.4. The molecule has 0 aliphatic heterocycles. The second-order valence-corrected chi connectivity index (χ2v) is 10.9. The molecule has 0 radical (unpaired) electrons. The summed E-state index contributed by atoms with van der Waals surface area (Å²) in [7, 11) is -3.46. The number of aryl methyl sites for hydroxylation is 2. The molecule has 2 aliphatic rings. The summed E-state index contributed by atoms with van der Waals surface area (Å²) in [6.45, 7) is 0. The minimum Gasteiger partial charge on any atom is -0.347 e. The summed E-state index contributed by atoms with van der Waals surface area (Å²) in [5, 5.41) is 3.11. The van der Waals surface area contributed by atoms with Crippen molar-refractivity contribution in [1.29, 1.82) is 0 Å². The van der Waals surface area contributed by atoms with E-state index in [1.54, 1.807) is 12.1 Å². The number of amides is 1. The van der Waals surface area contributed by atoms with Crippen LogP contribution in [0.15, 0.2) is 51.8 Å². The van der Waals surface area contributed by atoms with Crippen LogP contribution >= 0.6 is 15.9 Å². The van der Waals surface area contributed by atoms with Gasteiger partial charge in [0, 0.05) is 10.9 Å². The van der Waals surface area contributed by atoms with E-state index in [4.69, 9.17) is 0 Å². The number of benzene rings is 2. The molecule has 0 atom stereocenters. The Labute approximate surface area is 174 Å². The lowest BCUT2D eigenvalue weighted by Crippen LogP contribution is -2.51. The number of hydrogen-bond acceptors (Lipinski definition) is 3. The first-order valence-electron chi connectivity index (χ1n) is 9.80. The molecule has 0 saturated heterocycles. The minimum absolute atomic E-state index is 0.0187. The fourth-order valence-corrected chi connectivity index (χ4v) is 5.90. The SMILES string of the molecule is O=C(CCS(=O)(=O)c1ccc2c(c1)CCC2)NC1(c2cccc(Br)c2)CCC1. The van der Waals surface area contributed by atoms with E-state index in [-0.39, 0.29) is 23.6 Å². The first kappa shape index (κ1) is 19.6. The third kappa shape index (κ3) is 3.90. The van der Waals surface area contributed by atoms with Crippen LogP contribution in [0.5, 0.6) is 0 Å². The zero-order chi connectivity index (χ0) is 19.8. The topological polar surface area (TPSA) is 63.2 Å². The van der Waals surface area contributed by atoms with Crippen LogP contribution in [-0.4, -0.2) is 20.1 Å². The van der Waals surface area contributed by atoms with Gasteiger partial charge in [-0.2, -0.15) is 0 Å². The number of fused-ring (bicyclic) bond motifs is 1. The number of carbonyl (C=O) groups is 1. The number of rotatable bonds is 6. The number of nitrogens with one attached hydrogen (secondary N) is 1. The Bertz CT molecular complexity index is 1010. The van der Waals surface area contributed by atoms with Gasteiger partial charge >= 0.3 is 0 Å². The highest BCUT2D eigenvalue weighted by atomic mass is 79.9. The van der Waals surface area contributed by atoms with Crippen molar-refractivity contribution in [2.75, 3.05) is 5.75 Å². The van der Waals surface area contributed by atoms with Gasteiger partial charge in [0.1, 0.15) is 0 Å². The summed E-state index contributed by atoms with van der Waals surface area (Å²) < 4.78 is 26.4. The molecule has 0 spiro atoms. The van der Waals surface area contributed by atoms with E-state index < -0.39 is 9.84 Å². The highest BCUT2D eigenvalue weighted by Gasteiger charge is 2.40. The Balaban J connectivity index is 1.42. The molecule has 1 N–H and O–H groups in total. The third-order valence-electron chi connectivity index (χ3n) is 5.99. The molecular weight excluding hydrogens is 438 g/mol. The molecule has 2 aliphatic carbocycles. The van der Waals surface area contributed by atoms with Gasteiger partial charge in [-0.25, -0.2) is 8.42 Å². The van der Waals surface area contributed by atoms with Crippen LogP contribution in [0.1, 0.15) is 48.8 Å². The molecule has 1 saturated carbocycles. The Morgan fingerprint density at radius 2 is 1.82 bits per heavy atom. The van der Waals surface area contributed by atoms with Crippen LogP contribution in [0.2, 0.25) is 0 Å². The molecule has 6 heteroatoms. The Kier molecular flexibility index (Phi) is 5.36. The largest absolute Gasteiger partial charge is 0.347 e. The van der Waals surface area contributed by atoms with Gasteiger partial charge in [0.15, 0.2) is 9.84 Å². The smallest absolute Gasteiger partial charge is 0.221 e. The van der Waals surface area contributed by atoms with E-state index >= 15 is 0 Å². The molecule has 2 aromatic carbocycles. The Morgan fingerprint density at radius 1 is 1.04 bits per heavy atom. The second kappa shape index (κ2) is 7.64. The van der Waals surface area contributed by atoms with Crippen LogP contribution in [0.3, 0.4) is 0 Å². The van der Waals surface area contributed by atoms with Gasteiger partial charge in [-0.15, -0.1) is 0 Å². The molecule has 0 heterocycles. The average molecular weight is 462 g/mol. The monoisotopic (exact) mass is 461 g/mol. The zero-order valence-electron chi connectivity index (χ0n) is 15.7. The van der Waals surface area contributed by atoms with Gasteiger partial charge in [-0.05, 0) is 79.5 Å². The van der Waals surface area contributed by atoms with Crippen molar-refractivity contribution in [3.8, 4) is 0 Å². The molecule has 1 fully saturated rings. The summed E-state index contributed by atoms with van der Waals surface area (Å²) in [6.07, 6.45) is 5.85. The number of hydrogen-bond donors (Lipinski definition) is 1. The van der Waals surface area contributed by atoms with Crippen molar-refractivity contribution in [2.24, 2.45) is 0 Å². The van der Waals surface area contributed by atoms with Crippen LogP contribution in [-0.2, 0) is 33.0 Å². The second-order valence-electron chi connectivity index (χ2n) is 7.85. The van der Waals surface area contributed by atoms with Crippen molar-refractivity contribution < 1.29 is 13.2 Å². The van der Waals surface area contributed by atoms with Gasteiger partial charge < -0.3 is 5.32 Å². The fraction of sp³-hybridized carbons (Fsp3) is 0.409. The highest BCUT2D eigenvalue weighted by Crippen LogP contribution is 2.42. The molecule has 0 bridgehead atoms. The Hall–Kier alpha value is -1.66. The first-order valence-corrected chi connectivity index (χ1v) is 12.2. The molecule has 0 aromatic heterocycles. The van der Waals surface area contributed by atoms with Crippen LogP contribution < -0.4 is 5.32 Å². The molecule has 4 rings (SSSR count). The average Bonchev–Trinajstić information content (AvgIpc) is 3.11. The molecular formula is C22H24BrNO3S. The number of sulfone groups is 1. The first-order chi connectivity index (χ1) is 13.4. The van der Waals surface area contributed by atoms with Gasteiger partial charge in [0.05, 0.1) is 16.2 Å². The lowest BCUT2D eigenvalue weighted by Gasteiger charge is -2.43. The maximum Gasteiger partial charge on any atom is 0.221 e. The van der Waals surface area contributed by atoms with Gasteiger partial charge in [0.2, 0.25) is 5.91 Å². The van der Waals surface area contributed by atoms with Crippen molar-refractivity contribution >= 4 is 31.7 Å². The van der Waals surface area contributed by atoms with Crippen molar-refractivity contribution in [3.05, 3.63) is 63.6 Å². The van der Waals surface area contributed by atoms with E-state index in [0.717, 1.165) is 54.1 Å². The maximum atomic E-state index is 12.7. The Morgan fingerprint density at radius 3 is 2.54 bits per heavy atom. The van der Waals surface area contributed by atoms with Crippen LogP contribution in [0.4, 0.5) is 0 Å². The quantitative estimate of drug-likeness (QED) is 0.697. The standard InChI is InChI=1S/C22H24BrNO3S/c23-19-7-2-6-18(15-19)22(11-3-12-22)24-21(25)10-13-28(26,27)20-9-8-16-4-1-5-17(16)14-20/h2,6-9,14-15H,1,3-5,10-13H2,(H,24,25). The normalized spacial score (nSPS) is 17.6. The molecule has 28 heavy (non-hydrogen) atoms. The van der Waals surface area contributed by atoms with E-state index in [2.05, 4.69) is 21.2 Å². The van der Waals surface area contributed by atoms with Crippen LogP contribution in [0.25, 0.3) is 0 Å². The minimum atomic E-state index is -3.46. The highest BCUT2D eigenvalue weighted by molar-refractivity contribution is 9.10. The maximum absolute atomic E-state index is 12.7. The van der Waals surface area contributed by atoms with E-state index in [0.29, 0.717) is 4.90 Å². The lowest BCUT2D eigenvalue weighted by molar-refractivity contribution is -0.124. The summed E-state index contributed by atoms with van der Waals surface area (Å²) in [5.74, 6) is -0.365. The van der Waals surface area contributed by atoms with E-state index in [1.165, 1.54) is 5.56 Å². The number of carbonyl (C=O) groups excluding carboxylic acids is 1. The fourth-order valence-electron chi connectivity index (χ4n) is 4.22. The summed E-state index contributed by atoms with van der Waals surface area (Å²) in [5.41, 5.74) is 3.09. The summed E-state index contributed by atoms with van der Waals surface area (Å²) in [4.78, 5) is 12.9. The van der Waals surface area contributed by atoms with Crippen molar-refractivity contribution in [3.63, 3.8) is 0 Å². The molecule has 1 amide bonds. The zero-order valence-corrected chi connectivity index (χ0v) is 18.1. The van der Waals surface area contributed by atoms with E-state index in [1.807, 2.05) is 30.3 Å². The molecule has 0 unspecified atom stereocenters. The predicted octanol–water partition coefficient (Wildman–Crippen LogP) is 4.30. The van der Waals surface area contributed by atoms with Crippen LogP contribution in [0, 0.1) is 0 Å². The van der Waals surface area contributed by atoms with Gasteiger partial charge in [-0.3, -0.25) is 4.79 Å². The molecule has 4 nitrogen and oxygen atoms in total. The van der Waals surface area contributed by atoms with Crippen molar-refractivity contribution in [1.82, 2.24) is 5.32 Å². The van der Waals surface area contributed by atoms with Gasteiger partial charge in [-0.1, -0.05) is 34.1 Å². The number of halogens is 1. The predicted molar refractivity (Wildman–Crippen MR) is 113 cm³/mol. The lowest BCUT2D eigenvalue weighted by atomic mass is 9.71. The molecule has 148 valence electrons. The van der Waals surface area contributed by atoms with Gasteiger partial charge in [0.25, 0.3) is 0 Å². The van der Waals surface area contributed by atoms with E-state index in [9.17, 15) is 13.2 Å². The molecule has 2 aromatic rings. The van der Waals surface area contributed by atoms with Crippen molar-refractivity contribution in [2.45, 2.75) is 55.4 Å².